The Morgan fingerprint density at radius 2 is 0.568 bits per heavy atom. The molecule has 6 nitrogen and oxygen atoms in total. The van der Waals surface area contributed by atoms with E-state index < -0.39 is 12.1 Å². The highest BCUT2D eigenvalue weighted by Crippen LogP contribution is 2.20. The molecule has 0 fully saturated rings. The number of carbonyl (C=O) groups excluding carboxylic acids is 2. The zero-order chi connectivity index (χ0) is 63.5. The van der Waals surface area contributed by atoms with Gasteiger partial charge >= 0.3 is 5.97 Å². The van der Waals surface area contributed by atoms with Crippen molar-refractivity contribution in [3.05, 3.63) is 36.5 Å². The molecular formula is C82H157NO5. The Labute approximate surface area is 551 Å². The first-order chi connectivity index (χ1) is 43.5. The van der Waals surface area contributed by atoms with E-state index in [4.69, 9.17) is 4.74 Å². The zero-order valence-corrected chi connectivity index (χ0v) is 59.7. The van der Waals surface area contributed by atoms with Gasteiger partial charge in [-0.3, -0.25) is 9.59 Å². The summed E-state index contributed by atoms with van der Waals surface area (Å²) in [6.07, 6.45) is 101. The molecule has 0 aromatic rings. The maximum Gasteiger partial charge on any atom is 0.305 e. The molecule has 0 aliphatic rings. The maximum absolute atomic E-state index is 12.5. The molecule has 0 bridgehead atoms. The first kappa shape index (κ1) is 86.1. The van der Waals surface area contributed by atoms with Gasteiger partial charge in [-0.05, 0) is 64.2 Å². The lowest BCUT2D eigenvalue weighted by molar-refractivity contribution is -0.143. The van der Waals surface area contributed by atoms with Gasteiger partial charge in [0, 0.05) is 12.8 Å². The van der Waals surface area contributed by atoms with Crippen LogP contribution in [0.1, 0.15) is 450 Å². The highest BCUT2D eigenvalue weighted by molar-refractivity contribution is 5.76. The van der Waals surface area contributed by atoms with E-state index in [2.05, 4.69) is 43.5 Å². The molecule has 0 aliphatic heterocycles. The first-order valence-corrected chi connectivity index (χ1v) is 40.3. The number of aliphatic hydroxyl groups is 2. The normalized spacial score (nSPS) is 12.6. The second-order valence-corrected chi connectivity index (χ2v) is 27.8. The summed E-state index contributed by atoms with van der Waals surface area (Å²) in [5.41, 5.74) is 0. The van der Waals surface area contributed by atoms with Gasteiger partial charge in [-0.15, -0.1) is 0 Å². The Hall–Kier alpha value is -1.92. The van der Waals surface area contributed by atoms with Crippen molar-refractivity contribution in [1.29, 1.82) is 0 Å². The molecule has 6 heteroatoms. The van der Waals surface area contributed by atoms with Crippen LogP contribution in [0.5, 0.6) is 0 Å². The number of amides is 1. The Kier molecular flexibility index (Phi) is 75.8. The van der Waals surface area contributed by atoms with Crippen LogP contribution in [0.15, 0.2) is 36.5 Å². The van der Waals surface area contributed by atoms with Crippen LogP contribution in [0.2, 0.25) is 0 Å². The molecule has 2 unspecified atom stereocenters. The van der Waals surface area contributed by atoms with Gasteiger partial charge in [0.05, 0.1) is 25.4 Å². The predicted octanol–water partition coefficient (Wildman–Crippen LogP) is 26.6. The molecule has 2 atom stereocenters. The van der Waals surface area contributed by atoms with Crippen molar-refractivity contribution in [2.24, 2.45) is 0 Å². The van der Waals surface area contributed by atoms with E-state index in [0.29, 0.717) is 19.4 Å². The molecule has 88 heavy (non-hydrogen) atoms. The molecule has 3 N–H and O–H groups in total. The average Bonchev–Trinajstić information content (AvgIpc) is 3.58. The lowest BCUT2D eigenvalue weighted by atomic mass is 10.0. The van der Waals surface area contributed by atoms with Gasteiger partial charge in [0.15, 0.2) is 0 Å². The second-order valence-electron chi connectivity index (χ2n) is 27.8. The number of hydrogen-bond acceptors (Lipinski definition) is 5. The van der Waals surface area contributed by atoms with E-state index in [-0.39, 0.29) is 18.5 Å². The third-order valence-electron chi connectivity index (χ3n) is 18.9. The van der Waals surface area contributed by atoms with Gasteiger partial charge in [-0.1, -0.05) is 410 Å². The lowest BCUT2D eigenvalue weighted by Gasteiger charge is -2.20. The molecule has 0 spiro atoms. The van der Waals surface area contributed by atoms with Crippen molar-refractivity contribution in [2.75, 3.05) is 13.2 Å². The summed E-state index contributed by atoms with van der Waals surface area (Å²) in [6, 6.07) is -0.623. The third-order valence-corrected chi connectivity index (χ3v) is 18.9. The molecular weight excluding hydrogens is 1080 g/mol. The van der Waals surface area contributed by atoms with Crippen LogP contribution in [0.4, 0.5) is 0 Å². The molecule has 0 rings (SSSR count). The van der Waals surface area contributed by atoms with E-state index in [1.54, 1.807) is 6.08 Å². The highest BCUT2D eigenvalue weighted by atomic mass is 16.5. The third kappa shape index (κ3) is 73.1. The van der Waals surface area contributed by atoms with Crippen molar-refractivity contribution in [2.45, 2.75) is 463 Å². The Morgan fingerprint density at radius 1 is 0.318 bits per heavy atom. The van der Waals surface area contributed by atoms with Crippen LogP contribution in [-0.2, 0) is 14.3 Å². The van der Waals surface area contributed by atoms with Crippen molar-refractivity contribution in [3.63, 3.8) is 0 Å². The molecule has 0 aromatic carbocycles. The number of esters is 1. The van der Waals surface area contributed by atoms with Crippen molar-refractivity contribution in [3.8, 4) is 0 Å². The van der Waals surface area contributed by atoms with Gasteiger partial charge in [-0.25, -0.2) is 0 Å². The van der Waals surface area contributed by atoms with Gasteiger partial charge in [0.2, 0.25) is 5.91 Å². The van der Waals surface area contributed by atoms with Crippen LogP contribution in [0, 0.1) is 0 Å². The molecule has 1 amide bonds. The zero-order valence-electron chi connectivity index (χ0n) is 59.7. The Bertz CT molecular complexity index is 1430. The fraction of sp³-hybridized carbons (Fsp3) is 0.902. The van der Waals surface area contributed by atoms with E-state index in [1.807, 2.05) is 6.08 Å². The second kappa shape index (κ2) is 77.5. The number of aliphatic hydroxyl groups excluding tert-OH is 2. The van der Waals surface area contributed by atoms with E-state index in [0.717, 1.165) is 51.4 Å². The van der Waals surface area contributed by atoms with Gasteiger partial charge in [-0.2, -0.15) is 0 Å². The number of carbonyl (C=O) groups is 2. The summed E-state index contributed by atoms with van der Waals surface area (Å²) in [5.74, 6) is -0.0479. The smallest absolute Gasteiger partial charge is 0.305 e. The monoisotopic (exact) mass is 1240 g/mol. The Morgan fingerprint density at radius 3 is 0.886 bits per heavy atom. The SMILES string of the molecule is CCCCC/C=C\C/C=C\CCCCCCCC(=O)OCCCCCCCCCCCCCCCCCCCCCCCCCCCCCCCCCCCCCCCCCC(=O)NC(CO)C(O)/C=C/CCCCCCCCCCCCCCCCC. The quantitative estimate of drug-likeness (QED) is 0.0320. The van der Waals surface area contributed by atoms with Crippen molar-refractivity contribution >= 4 is 11.9 Å². The molecule has 520 valence electrons. The minimum absolute atomic E-state index is 0.0104. The predicted molar refractivity (Wildman–Crippen MR) is 389 cm³/mol. The fourth-order valence-electron chi connectivity index (χ4n) is 12.8. The highest BCUT2D eigenvalue weighted by Gasteiger charge is 2.18. The summed E-state index contributed by atoms with van der Waals surface area (Å²) in [5, 5.41) is 23.2. The standard InChI is InChI=1S/C82H157NO5/c1-3-5-7-9-11-13-15-17-19-43-47-50-54-58-62-66-70-74-80(85)79(78-84)83-81(86)75-71-67-63-59-55-51-48-44-41-39-37-35-33-31-29-27-25-23-21-20-22-24-26-28-30-32-34-36-38-40-42-45-49-53-57-61-65-69-73-77-88-82(87)76-72-68-64-60-56-52-46-18-16-14-12-10-8-6-4-2/h12,14,18,46,70,74,79-80,84-85H,3-11,13,15-17,19-45,47-69,71-73,75-78H2,1-2H3,(H,83,86)/b14-12-,46-18-,74-70+. The van der Waals surface area contributed by atoms with Crippen LogP contribution >= 0.6 is 0 Å². The molecule has 0 heterocycles. The van der Waals surface area contributed by atoms with Crippen molar-refractivity contribution in [1.82, 2.24) is 5.32 Å². The number of rotatable bonds is 76. The Balaban J connectivity index is 3.31. The average molecular weight is 1240 g/mol. The molecule has 0 saturated heterocycles. The fourth-order valence-corrected chi connectivity index (χ4v) is 12.8. The van der Waals surface area contributed by atoms with Crippen LogP contribution in [0.25, 0.3) is 0 Å². The topological polar surface area (TPSA) is 95.9 Å². The maximum atomic E-state index is 12.5. The summed E-state index contributed by atoms with van der Waals surface area (Å²) >= 11 is 0. The van der Waals surface area contributed by atoms with Crippen molar-refractivity contribution < 1.29 is 24.5 Å². The van der Waals surface area contributed by atoms with E-state index in [1.165, 1.54) is 372 Å². The van der Waals surface area contributed by atoms with Gasteiger partial charge in [0.1, 0.15) is 0 Å². The molecule has 0 saturated carbocycles. The first-order valence-electron chi connectivity index (χ1n) is 40.3. The molecule has 0 radical (unpaired) electrons. The molecule has 0 aromatic heterocycles. The molecule has 0 aliphatic carbocycles. The minimum atomic E-state index is -0.840. The minimum Gasteiger partial charge on any atom is -0.466 e. The van der Waals surface area contributed by atoms with Crippen LogP contribution in [-0.4, -0.2) is 47.4 Å². The van der Waals surface area contributed by atoms with E-state index in [9.17, 15) is 19.8 Å². The summed E-state index contributed by atoms with van der Waals surface area (Å²) in [7, 11) is 0. The number of ether oxygens (including phenoxy) is 1. The number of nitrogens with one attached hydrogen (secondary N) is 1. The van der Waals surface area contributed by atoms with E-state index >= 15 is 0 Å². The van der Waals surface area contributed by atoms with Gasteiger partial charge < -0.3 is 20.3 Å². The van der Waals surface area contributed by atoms with Crippen LogP contribution < -0.4 is 5.32 Å². The summed E-state index contributed by atoms with van der Waals surface area (Å²) < 4.78 is 5.50. The van der Waals surface area contributed by atoms with Gasteiger partial charge in [0.25, 0.3) is 0 Å². The lowest BCUT2D eigenvalue weighted by Crippen LogP contribution is -2.45. The summed E-state index contributed by atoms with van der Waals surface area (Å²) in [6.45, 7) is 4.92. The largest absolute Gasteiger partial charge is 0.466 e. The number of unbranched alkanes of at least 4 members (excludes halogenated alkanes) is 61. The number of hydrogen-bond donors (Lipinski definition) is 3. The number of allylic oxidation sites excluding steroid dienone is 5. The summed E-state index contributed by atoms with van der Waals surface area (Å²) in [4.78, 5) is 24.6. The van der Waals surface area contributed by atoms with Crippen LogP contribution in [0.3, 0.4) is 0 Å².